The highest BCUT2D eigenvalue weighted by atomic mass is 32.2. The summed E-state index contributed by atoms with van der Waals surface area (Å²) in [7, 11) is 1.65. The summed E-state index contributed by atoms with van der Waals surface area (Å²) in [5.74, 6) is 1.62. The Labute approximate surface area is 196 Å². The van der Waals surface area contributed by atoms with Crippen LogP contribution < -0.4 is 4.74 Å². The lowest BCUT2D eigenvalue weighted by Gasteiger charge is -2.16. The van der Waals surface area contributed by atoms with Crippen molar-refractivity contribution in [3.63, 3.8) is 0 Å². The third-order valence-corrected chi connectivity index (χ3v) is 7.06. The van der Waals surface area contributed by atoms with Gasteiger partial charge in [0.15, 0.2) is 16.8 Å². The largest absolute Gasteiger partial charge is 0.497 e. The summed E-state index contributed by atoms with van der Waals surface area (Å²) in [6, 6.07) is 15.6. The minimum atomic E-state index is -0.319. The van der Waals surface area contributed by atoms with Crippen molar-refractivity contribution in [1.82, 2.24) is 19.7 Å². The zero-order valence-electron chi connectivity index (χ0n) is 18.7. The normalized spacial score (nSPS) is 16.8. The summed E-state index contributed by atoms with van der Waals surface area (Å²) < 4.78 is 13.3. The van der Waals surface area contributed by atoms with Crippen molar-refractivity contribution in [2.75, 3.05) is 13.7 Å². The summed E-state index contributed by atoms with van der Waals surface area (Å²) in [5, 5.41) is 10.3. The van der Waals surface area contributed by atoms with Crippen LogP contribution in [0.1, 0.15) is 30.1 Å². The molecule has 33 heavy (non-hydrogen) atoms. The highest BCUT2D eigenvalue weighted by Gasteiger charge is 2.26. The van der Waals surface area contributed by atoms with E-state index in [1.807, 2.05) is 55.5 Å². The second kappa shape index (κ2) is 9.41. The molecule has 1 N–H and O–H groups in total. The van der Waals surface area contributed by atoms with Gasteiger partial charge in [0.2, 0.25) is 0 Å². The first-order valence-corrected chi connectivity index (χ1v) is 12.0. The fourth-order valence-electron chi connectivity index (χ4n) is 4.19. The van der Waals surface area contributed by atoms with E-state index in [-0.39, 0.29) is 17.1 Å². The molecule has 2 aromatic heterocycles. The molecule has 5 rings (SSSR count). The molecule has 2 aromatic carbocycles. The molecule has 7 nitrogen and oxygen atoms in total. The first-order valence-electron chi connectivity index (χ1n) is 11.1. The number of Topliss-reactive ketones (excluding diaryl/α,β-unsaturated/α-hetero) is 1. The van der Waals surface area contributed by atoms with Crippen molar-refractivity contribution in [2.45, 2.75) is 42.8 Å². The number of ether oxygens (including phenoxy) is 2. The molecular formula is C25H26N4O3S. The number of ketones is 1. The van der Waals surface area contributed by atoms with Crippen LogP contribution in [0.5, 0.6) is 5.75 Å². The van der Waals surface area contributed by atoms with E-state index < -0.39 is 0 Å². The van der Waals surface area contributed by atoms with Gasteiger partial charge in [-0.2, -0.15) is 0 Å². The van der Waals surface area contributed by atoms with Gasteiger partial charge in [-0.1, -0.05) is 30.0 Å². The van der Waals surface area contributed by atoms with Crippen molar-refractivity contribution in [3.8, 4) is 17.1 Å². The van der Waals surface area contributed by atoms with Gasteiger partial charge < -0.3 is 14.5 Å². The molecule has 1 aliphatic rings. The predicted molar refractivity (Wildman–Crippen MR) is 129 cm³/mol. The van der Waals surface area contributed by atoms with Gasteiger partial charge in [0.1, 0.15) is 5.75 Å². The van der Waals surface area contributed by atoms with E-state index in [0.717, 1.165) is 52.6 Å². The number of nitrogens with zero attached hydrogens (tertiary/aromatic N) is 3. The van der Waals surface area contributed by atoms with E-state index in [9.17, 15) is 4.79 Å². The van der Waals surface area contributed by atoms with Crippen LogP contribution in [0.3, 0.4) is 0 Å². The maximum atomic E-state index is 13.3. The molecule has 2 atom stereocenters. The zero-order chi connectivity index (χ0) is 22.8. The third-order valence-electron chi connectivity index (χ3n) is 5.98. The van der Waals surface area contributed by atoms with Crippen molar-refractivity contribution in [2.24, 2.45) is 0 Å². The number of H-pyrrole nitrogens is 1. The first-order chi connectivity index (χ1) is 16.1. The van der Waals surface area contributed by atoms with Crippen LogP contribution in [0.4, 0.5) is 0 Å². The average molecular weight is 463 g/mol. The zero-order valence-corrected chi connectivity index (χ0v) is 19.5. The lowest BCUT2D eigenvalue weighted by atomic mass is 10.1. The van der Waals surface area contributed by atoms with E-state index >= 15 is 0 Å². The van der Waals surface area contributed by atoms with Crippen molar-refractivity contribution < 1.29 is 14.3 Å². The van der Waals surface area contributed by atoms with Gasteiger partial charge in [-0.25, -0.2) is 0 Å². The average Bonchev–Trinajstić information content (AvgIpc) is 3.60. The Kier molecular flexibility index (Phi) is 6.20. The molecule has 0 saturated carbocycles. The number of aromatic amines is 1. The van der Waals surface area contributed by atoms with Crippen LogP contribution in [-0.4, -0.2) is 50.6 Å². The van der Waals surface area contributed by atoms with Crippen LogP contribution in [-0.2, 0) is 11.3 Å². The van der Waals surface area contributed by atoms with Gasteiger partial charge in [0, 0.05) is 34.8 Å². The molecule has 1 aliphatic heterocycles. The van der Waals surface area contributed by atoms with Crippen LogP contribution in [0, 0.1) is 0 Å². The molecule has 8 heteroatoms. The molecule has 0 aliphatic carbocycles. The molecular weight excluding hydrogens is 436 g/mol. The quantitative estimate of drug-likeness (QED) is 0.294. The van der Waals surface area contributed by atoms with E-state index in [4.69, 9.17) is 9.47 Å². The van der Waals surface area contributed by atoms with Crippen LogP contribution in [0.15, 0.2) is 59.9 Å². The fraction of sp³-hybridized carbons (Fsp3) is 0.320. The monoisotopic (exact) mass is 462 g/mol. The summed E-state index contributed by atoms with van der Waals surface area (Å²) in [4.78, 5) is 16.5. The van der Waals surface area contributed by atoms with Gasteiger partial charge in [0.25, 0.3) is 0 Å². The number of para-hydroxylation sites is 1. The number of rotatable bonds is 8. The number of benzene rings is 2. The molecule has 0 radical (unpaired) electrons. The van der Waals surface area contributed by atoms with Gasteiger partial charge in [-0.3, -0.25) is 9.36 Å². The highest BCUT2D eigenvalue weighted by molar-refractivity contribution is 8.00. The lowest BCUT2D eigenvalue weighted by molar-refractivity contribution is 0.0953. The standard InChI is InChI=1S/C25H26N4O3S/c1-16(23(30)21-14-26-22-8-4-3-7-20(21)22)33-25-28-27-24(17-9-11-18(31-2)12-10-17)29(25)15-19-6-5-13-32-19/h3-4,7-12,14,16,19,26H,5-6,13,15H2,1-2H3/t16-,19+/m1/s1. The Morgan fingerprint density at radius 1 is 1.24 bits per heavy atom. The van der Waals surface area contributed by atoms with E-state index in [0.29, 0.717) is 12.1 Å². The van der Waals surface area contributed by atoms with Crippen molar-refractivity contribution >= 4 is 28.4 Å². The van der Waals surface area contributed by atoms with Gasteiger partial charge >= 0.3 is 0 Å². The number of hydrogen-bond donors (Lipinski definition) is 1. The van der Waals surface area contributed by atoms with Gasteiger partial charge in [0.05, 0.1) is 25.0 Å². The second-order valence-electron chi connectivity index (χ2n) is 8.15. The third kappa shape index (κ3) is 4.41. The lowest BCUT2D eigenvalue weighted by Crippen LogP contribution is -2.19. The minimum Gasteiger partial charge on any atom is -0.497 e. The maximum Gasteiger partial charge on any atom is 0.192 e. The van der Waals surface area contributed by atoms with Crippen molar-refractivity contribution in [3.05, 3.63) is 60.3 Å². The number of carbonyl (C=O) groups is 1. The van der Waals surface area contributed by atoms with Crippen molar-refractivity contribution in [1.29, 1.82) is 0 Å². The van der Waals surface area contributed by atoms with E-state index in [2.05, 4.69) is 19.7 Å². The number of methoxy groups -OCH3 is 1. The fourth-order valence-corrected chi connectivity index (χ4v) is 5.12. The number of carbonyl (C=O) groups excluding carboxylic acids is 1. The SMILES string of the molecule is COc1ccc(-c2nnc(S[C@H](C)C(=O)c3c[nH]c4ccccc34)n2C[C@@H]2CCCO2)cc1. The molecule has 0 amide bonds. The Hall–Kier alpha value is -3.10. The van der Waals surface area contributed by atoms with E-state index in [1.54, 1.807) is 13.3 Å². The Morgan fingerprint density at radius 2 is 2.06 bits per heavy atom. The molecule has 1 fully saturated rings. The first kappa shape index (κ1) is 21.7. The van der Waals surface area contributed by atoms with Gasteiger partial charge in [-0.05, 0) is 50.1 Å². The Morgan fingerprint density at radius 3 is 2.82 bits per heavy atom. The predicted octanol–water partition coefficient (Wildman–Crippen LogP) is 4.98. The van der Waals surface area contributed by atoms with E-state index in [1.165, 1.54) is 11.8 Å². The molecule has 0 spiro atoms. The Balaban J connectivity index is 1.43. The van der Waals surface area contributed by atoms with Gasteiger partial charge in [-0.15, -0.1) is 10.2 Å². The number of thioether (sulfide) groups is 1. The van der Waals surface area contributed by atoms with Crippen LogP contribution in [0.2, 0.25) is 0 Å². The van der Waals surface area contributed by atoms with Crippen LogP contribution in [0.25, 0.3) is 22.3 Å². The summed E-state index contributed by atoms with van der Waals surface area (Å²) in [5.41, 5.74) is 2.61. The molecule has 4 aromatic rings. The molecule has 0 unspecified atom stereocenters. The minimum absolute atomic E-state index is 0.0649. The maximum absolute atomic E-state index is 13.3. The Bertz CT molecular complexity index is 1260. The summed E-state index contributed by atoms with van der Waals surface area (Å²) >= 11 is 1.44. The number of aromatic nitrogens is 4. The second-order valence-corrected chi connectivity index (χ2v) is 9.46. The molecule has 170 valence electrons. The molecule has 3 heterocycles. The number of fused-ring (bicyclic) bond motifs is 1. The summed E-state index contributed by atoms with van der Waals surface area (Å²) in [6.45, 7) is 3.36. The number of nitrogens with one attached hydrogen (secondary N) is 1. The topological polar surface area (TPSA) is 82.0 Å². The van der Waals surface area contributed by atoms with Crippen LogP contribution >= 0.6 is 11.8 Å². The number of hydrogen-bond acceptors (Lipinski definition) is 6. The molecule has 0 bridgehead atoms. The smallest absolute Gasteiger partial charge is 0.192 e. The summed E-state index contributed by atoms with van der Waals surface area (Å²) in [6.07, 6.45) is 3.98. The highest BCUT2D eigenvalue weighted by Crippen LogP contribution is 2.31. The molecule has 1 saturated heterocycles.